The van der Waals surface area contributed by atoms with Crippen LogP contribution in [0.1, 0.15) is 26.7 Å². The average Bonchev–Trinajstić information content (AvgIpc) is 2.28. The summed E-state index contributed by atoms with van der Waals surface area (Å²) in [6, 6.07) is 0. The van der Waals surface area contributed by atoms with Gasteiger partial charge in [0.15, 0.2) is 0 Å². The first kappa shape index (κ1) is 10.9. The Morgan fingerprint density at radius 3 is 2.33 bits per heavy atom. The lowest BCUT2D eigenvalue weighted by atomic mass is 9.79. The number of carbonyl (C=O) groups is 1. The Morgan fingerprint density at radius 2 is 1.87 bits per heavy atom. The number of rotatable bonds is 3. The van der Waals surface area contributed by atoms with Crippen LogP contribution in [0.15, 0.2) is 0 Å². The third kappa shape index (κ3) is 2.03. The molecule has 2 aliphatic heterocycles. The van der Waals surface area contributed by atoms with Crippen molar-refractivity contribution in [1.29, 1.82) is 0 Å². The monoisotopic (exact) mass is 210 g/mol. The molecular formula is C12H22N2O. The van der Waals surface area contributed by atoms with Crippen LogP contribution in [0.25, 0.3) is 0 Å². The molecule has 0 spiro atoms. The maximum absolute atomic E-state index is 11.8. The van der Waals surface area contributed by atoms with Crippen molar-refractivity contribution in [3.8, 4) is 0 Å². The van der Waals surface area contributed by atoms with E-state index in [0.717, 1.165) is 19.6 Å². The Balaban J connectivity index is 1.80. The Kier molecular flexibility index (Phi) is 3.29. The van der Waals surface area contributed by atoms with Gasteiger partial charge < -0.3 is 9.80 Å². The first-order chi connectivity index (χ1) is 7.26. The van der Waals surface area contributed by atoms with E-state index in [1.807, 2.05) is 4.90 Å². The second-order valence-electron chi connectivity index (χ2n) is 4.76. The molecule has 0 aliphatic carbocycles. The Labute approximate surface area is 92.4 Å². The van der Waals surface area contributed by atoms with E-state index in [0.29, 0.717) is 17.7 Å². The lowest BCUT2D eigenvalue weighted by molar-refractivity contribution is -0.151. The van der Waals surface area contributed by atoms with Gasteiger partial charge in [-0.1, -0.05) is 6.92 Å². The molecule has 0 saturated carbocycles. The molecule has 2 heterocycles. The Bertz CT molecular complexity index is 234. The van der Waals surface area contributed by atoms with Gasteiger partial charge >= 0.3 is 0 Å². The molecule has 0 aromatic heterocycles. The van der Waals surface area contributed by atoms with Crippen molar-refractivity contribution in [1.82, 2.24) is 9.80 Å². The second-order valence-corrected chi connectivity index (χ2v) is 4.76. The summed E-state index contributed by atoms with van der Waals surface area (Å²) in [5, 5.41) is 0. The fraction of sp³-hybridized carbons (Fsp3) is 0.917. The minimum absolute atomic E-state index is 0.365. The minimum atomic E-state index is 0.365. The number of piperidine rings is 1. The fourth-order valence-corrected chi connectivity index (χ4v) is 2.83. The SMILES string of the molecule is CCN1CCC(C2CN(CC)C2=O)CC1. The first-order valence-corrected chi connectivity index (χ1v) is 6.27. The van der Waals surface area contributed by atoms with Gasteiger partial charge in [0.25, 0.3) is 0 Å². The van der Waals surface area contributed by atoms with E-state index in [4.69, 9.17) is 0 Å². The van der Waals surface area contributed by atoms with Crippen LogP contribution in [-0.4, -0.2) is 48.4 Å². The predicted octanol–water partition coefficient (Wildman–Crippen LogP) is 1.20. The molecule has 2 fully saturated rings. The molecule has 1 amide bonds. The third-order valence-electron chi connectivity index (χ3n) is 4.08. The van der Waals surface area contributed by atoms with Crippen molar-refractivity contribution >= 4 is 5.91 Å². The van der Waals surface area contributed by atoms with E-state index in [9.17, 15) is 4.79 Å². The van der Waals surface area contributed by atoms with E-state index in [2.05, 4.69) is 18.7 Å². The van der Waals surface area contributed by atoms with Crippen LogP contribution in [0.5, 0.6) is 0 Å². The largest absolute Gasteiger partial charge is 0.342 e. The third-order valence-corrected chi connectivity index (χ3v) is 4.08. The number of amides is 1. The Hall–Kier alpha value is -0.570. The molecule has 2 rings (SSSR count). The van der Waals surface area contributed by atoms with E-state index in [-0.39, 0.29) is 0 Å². The zero-order valence-electron chi connectivity index (χ0n) is 9.91. The lowest BCUT2D eigenvalue weighted by Crippen LogP contribution is -2.56. The summed E-state index contributed by atoms with van der Waals surface area (Å²) in [6.45, 7) is 9.73. The number of β-lactam (4-membered cyclic amide) rings is 1. The van der Waals surface area contributed by atoms with Gasteiger partial charge in [0.1, 0.15) is 0 Å². The van der Waals surface area contributed by atoms with Crippen LogP contribution in [0.4, 0.5) is 0 Å². The fourth-order valence-electron chi connectivity index (χ4n) is 2.83. The molecule has 2 aliphatic rings. The average molecular weight is 210 g/mol. The first-order valence-electron chi connectivity index (χ1n) is 6.27. The summed E-state index contributed by atoms with van der Waals surface area (Å²) in [5.74, 6) is 1.44. The summed E-state index contributed by atoms with van der Waals surface area (Å²) in [7, 11) is 0. The van der Waals surface area contributed by atoms with E-state index >= 15 is 0 Å². The number of hydrogen-bond acceptors (Lipinski definition) is 2. The van der Waals surface area contributed by atoms with E-state index in [1.165, 1.54) is 25.9 Å². The van der Waals surface area contributed by atoms with Crippen molar-refractivity contribution in [3.63, 3.8) is 0 Å². The lowest BCUT2D eigenvalue weighted by Gasteiger charge is -2.44. The van der Waals surface area contributed by atoms with Gasteiger partial charge in [-0.25, -0.2) is 0 Å². The van der Waals surface area contributed by atoms with Crippen LogP contribution in [-0.2, 0) is 4.79 Å². The van der Waals surface area contributed by atoms with Crippen LogP contribution < -0.4 is 0 Å². The molecule has 2 saturated heterocycles. The molecule has 0 aromatic carbocycles. The van der Waals surface area contributed by atoms with E-state index < -0.39 is 0 Å². The summed E-state index contributed by atoms with van der Waals surface area (Å²) in [4.78, 5) is 16.2. The smallest absolute Gasteiger partial charge is 0.227 e. The predicted molar refractivity (Wildman–Crippen MR) is 60.6 cm³/mol. The van der Waals surface area contributed by atoms with Gasteiger partial charge in [-0.3, -0.25) is 4.79 Å². The molecule has 0 N–H and O–H groups in total. The van der Waals surface area contributed by atoms with Gasteiger partial charge in [0.2, 0.25) is 5.91 Å². The number of carbonyl (C=O) groups excluding carboxylic acids is 1. The van der Waals surface area contributed by atoms with Crippen molar-refractivity contribution in [2.24, 2.45) is 11.8 Å². The molecule has 1 atom stereocenters. The van der Waals surface area contributed by atoms with Crippen molar-refractivity contribution in [2.45, 2.75) is 26.7 Å². The van der Waals surface area contributed by atoms with Crippen LogP contribution in [0, 0.1) is 11.8 Å². The maximum atomic E-state index is 11.8. The van der Waals surface area contributed by atoms with Crippen molar-refractivity contribution < 1.29 is 4.79 Å². The van der Waals surface area contributed by atoms with Gasteiger partial charge in [0, 0.05) is 13.1 Å². The van der Waals surface area contributed by atoms with Gasteiger partial charge in [-0.05, 0) is 45.3 Å². The molecule has 1 unspecified atom stereocenters. The highest BCUT2D eigenvalue weighted by atomic mass is 16.2. The standard InChI is InChI=1S/C12H22N2O/c1-3-13-7-5-10(6-8-13)11-9-14(4-2)12(11)15/h10-11H,3-9H2,1-2H3. The molecule has 0 bridgehead atoms. The van der Waals surface area contributed by atoms with Gasteiger partial charge in [-0.15, -0.1) is 0 Å². The van der Waals surface area contributed by atoms with Crippen LogP contribution in [0.3, 0.4) is 0 Å². The normalized spacial score (nSPS) is 29.3. The molecule has 15 heavy (non-hydrogen) atoms. The zero-order chi connectivity index (χ0) is 10.8. The van der Waals surface area contributed by atoms with Crippen molar-refractivity contribution in [2.75, 3.05) is 32.7 Å². The van der Waals surface area contributed by atoms with Crippen LogP contribution >= 0.6 is 0 Å². The summed E-state index contributed by atoms with van der Waals surface area (Å²) in [5.41, 5.74) is 0. The summed E-state index contributed by atoms with van der Waals surface area (Å²) in [6.07, 6.45) is 2.45. The maximum Gasteiger partial charge on any atom is 0.227 e. The van der Waals surface area contributed by atoms with Gasteiger partial charge in [0.05, 0.1) is 5.92 Å². The number of nitrogens with zero attached hydrogens (tertiary/aromatic N) is 2. The second kappa shape index (κ2) is 4.52. The highest BCUT2D eigenvalue weighted by Gasteiger charge is 2.41. The summed E-state index contributed by atoms with van der Waals surface area (Å²) < 4.78 is 0. The van der Waals surface area contributed by atoms with E-state index in [1.54, 1.807) is 0 Å². The Morgan fingerprint density at radius 1 is 1.20 bits per heavy atom. The quantitative estimate of drug-likeness (QED) is 0.653. The number of hydrogen-bond donors (Lipinski definition) is 0. The van der Waals surface area contributed by atoms with Crippen LogP contribution in [0.2, 0.25) is 0 Å². The number of likely N-dealkylation sites (tertiary alicyclic amines) is 2. The molecule has 0 radical (unpaired) electrons. The van der Waals surface area contributed by atoms with Crippen molar-refractivity contribution in [3.05, 3.63) is 0 Å². The summed E-state index contributed by atoms with van der Waals surface area (Å²) >= 11 is 0. The molecule has 3 heteroatoms. The molecular weight excluding hydrogens is 188 g/mol. The highest BCUT2D eigenvalue weighted by Crippen LogP contribution is 2.32. The topological polar surface area (TPSA) is 23.6 Å². The minimum Gasteiger partial charge on any atom is -0.342 e. The molecule has 3 nitrogen and oxygen atoms in total. The van der Waals surface area contributed by atoms with Gasteiger partial charge in [-0.2, -0.15) is 0 Å². The highest BCUT2D eigenvalue weighted by molar-refractivity contribution is 5.84. The zero-order valence-corrected chi connectivity index (χ0v) is 9.91. The molecule has 0 aromatic rings. The molecule has 86 valence electrons.